The largest absolute Gasteiger partial charge is 0.493 e. The van der Waals surface area contributed by atoms with Gasteiger partial charge in [0.25, 0.3) is 5.91 Å². The number of nitro benzene ring substituents is 1. The smallest absolute Gasteiger partial charge is 0.327 e. The Kier molecular flexibility index (Phi) is 8.01. The number of ether oxygens (including phenoxy) is 4. The molecule has 0 unspecified atom stereocenters. The number of halogens is 1. The van der Waals surface area contributed by atoms with Gasteiger partial charge in [-0.25, -0.2) is 4.39 Å². The van der Waals surface area contributed by atoms with Crippen LogP contribution in [0.5, 0.6) is 17.2 Å². The van der Waals surface area contributed by atoms with Crippen molar-refractivity contribution in [3.63, 3.8) is 0 Å². The topological polar surface area (TPSA) is 112 Å². The molecule has 33 heavy (non-hydrogen) atoms. The lowest BCUT2D eigenvalue weighted by Gasteiger charge is -2.35. The number of nitro groups is 1. The number of methoxy groups -OCH3 is 3. The first-order chi connectivity index (χ1) is 15.9. The van der Waals surface area contributed by atoms with Crippen LogP contribution in [0.15, 0.2) is 30.3 Å². The highest BCUT2D eigenvalue weighted by atomic mass is 19.1. The van der Waals surface area contributed by atoms with E-state index in [1.807, 2.05) is 0 Å². The molecule has 1 aliphatic rings. The van der Waals surface area contributed by atoms with E-state index in [9.17, 15) is 19.3 Å². The molecule has 1 N–H and O–H groups in total. The van der Waals surface area contributed by atoms with E-state index in [-0.39, 0.29) is 41.2 Å². The van der Waals surface area contributed by atoms with Gasteiger partial charge in [0.05, 0.1) is 45.5 Å². The lowest BCUT2D eigenvalue weighted by molar-refractivity contribution is -0.386. The maximum absolute atomic E-state index is 13.5. The Hall–Kier alpha value is -3.44. The molecule has 1 aliphatic heterocycles. The molecular weight excluding hydrogens is 437 g/mol. The number of morpholine rings is 1. The van der Waals surface area contributed by atoms with Crippen LogP contribution >= 0.6 is 0 Å². The van der Waals surface area contributed by atoms with Gasteiger partial charge in [0, 0.05) is 25.7 Å². The summed E-state index contributed by atoms with van der Waals surface area (Å²) in [6.45, 7) is 2.46. The molecule has 1 heterocycles. The summed E-state index contributed by atoms with van der Waals surface area (Å²) in [5.74, 6) is -1.12. The van der Waals surface area contributed by atoms with Gasteiger partial charge >= 0.3 is 5.69 Å². The SMILES string of the molecule is COc1cc(C(=O)NC[C@H](c2ccc(F)cc2)N2CCOCC2)c([N+](=O)[O-])c(OC)c1OC. The second-order valence-corrected chi connectivity index (χ2v) is 7.22. The second kappa shape index (κ2) is 10.9. The number of carbonyl (C=O) groups excluding carboxylic acids is 1. The van der Waals surface area contributed by atoms with Crippen LogP contribution in [0.2, 0.25) is 0 Å². The molecule has 11 heteroatoms. The summed E-state index contributed by atoms with van der Waals surface area (Å²) >= 11 is 0. The van der Waals surface area contributed by atoms with Gasteiger partial charge in [-0.15, -0.1) is 0 Å². The van der Waals surface area contributed by atoms with Crippen molar-refractivity contribution in [3.05, 3.63) is 57.4 Å². The number of carbonyl (C=O) groups is 1. The van der Waals surface area contributed by atoms with Gasteiger partial charge in [0.2, 0.25) is 11.5 Å². The second-order valence-electron chi connectivity index (χ2n) is 7.22. The standard InChI is InChI=1S/C22H26FN3O7/c1-30-18-12-16(19(26(28)29)21(32-3)20(18)31-2)22(27)24-13-17(25-8-10-33-11-9-25)14-4-6-15(23)7-5-14/h4-7,12,17H,8-11,13H2,1-3H3,(H,24,27)/t17-/m1/s1. The van der Waals surface area contributed by atoms with Crippen LogP contribution in [-0.2, 0) is 4.74 Å². The molecule has 1 saturated heterocycles. The van der Waals surface area contributed by atoms with Gasteiger partial charge < -0.3 is 24.3 Å². The molecule has 0 bridgehead atoms. The lowest BCUT2D eigenvalue weighted by atomic mass is 10.0. The molecule has 1 fully saturated rings. The van der Waals surface area contributed by atoms with Gasteiger partial charge in [-0.2, -0.15) is 0 Å². The Bertz CT molecular complexity index is 994. The van der Waals surface area contributed by atoms with E-state index in [1.54, 1.807) is 12.1 Å². The number of rotatable bonds is 9. The van der Waals surface area contributed by atoms with Crippen LogP contribution in [0.3, 0.4) is 0 Å². The molecule has 2 aromatic rings. The Morgan fingerprint density at radius 3 is 2.33 bits per heavy atom. The van der Waals surface area contributed by atoms with Crippen molar-refractivity contribution in [1.29, 1.82) is 0 Å². The van der Waals surface area contributed by atoms with E-state index in [1.165, 1.54) is 39.5 Å². The number of nitrogens with one attached hydrogen (secondary N) is 1. The molecular formula is C22H26FN3O7. The normalized spacial score (nSPS) is 14.9. The first-order valence-corrected chi connectivity index (χ1v) is 10.2. The van der Waals surface area contributed by atoms with Gasteiger partial charge in [0.15, 0.2) is 5.75 Å². The van der Waals surface area contributed by atoms with Crippen molar-refractivity contribution in [2.24, 2.45) is 0 Å². The molecule has 0 aliphatic carbocycles. The summed E-state index contributed by atoms with van der Waals surface area (Å²) in [4.78, 5) is 26.3. The van der Waals surface area contributed by atoms with Crippen molar-refractivity contribution in [2.75, 3.05) is 54.2 Å². The predicted molar refractivity (Wildman–Crippen MR) is 117 cm³/mol. The Balaban J connectivity index is 1.92. The van der Waals surface area contributed by atoms with Crippen LogP contribution in [0.4, 0.5) is 10.1 Å². The minimum absolute atomic E-state index is 0.0146. The van der Waals surface area contributed by atoms with E-state index < -0.39 is 16.5 Å². The number of nitrogens with zero attached hydrogens (tertiary/aromatic N) is 2. The maximum Gasteiger partial charge on any atom is 0.327 e. The summed E-state index contributed by atoms with van der Waals surface area (Å²) in [5, 5.41) is 14.6. The fourth-order valence-electron chi connectivity index (χ4n) is 3.81. The van der Waals surface area contributed by atoms with E-state index in [4.69, 9.17) is 18.9 Å². The number of hydrogen-bond acceptors (Lipinski definition) is 8. The zero-order valence-electron chi connectivity index (χ0n) is 18.6. The average molecular weight is 463 g/mol. The summed E-state index contributed by atoms with van der Waals surface area (Å²) in [5.41, 5.74) is 0.0460. The van der Waals surface area contributed by atoms with E-state index in [0.717, 1.165) is 5.56 Å². The molecule has 1 atom stereocenters. The first-order valence-electron chi connectivity index (χ1n) is 10.2. The van der Waals surface area contributed by atoms with Gasteiger partial charge in [-0.05, 0) is 17.7 Å². The highest BCUT2D eigenvalue weighted by Gasteiger charge is 2.33. The van der Waals surface area contributed by atoms with Crippen molar-refractivity contribution >= 4 is 11.6 Å². The fourth-order valence-corrected chi connectivity index (χ4v) is 3.81. The van der Waals surface area contributed by atoms with Crippen LogP contribution in [0.25, 0.3) is 0 Å². The van der Waals surface area contributed by atoms with Gasteiger partial charge in [-0.1, -0.05) is 12.1 Å². The van der Waals surface area contributed by atoms with Crippen molar-refractivity contribution in [2.45, 2.75) is 6.04 Å². The number of amides is 1. The monoisotopic (exact) mass is 463 g/mol. The van der Waals surface area contributed by atoms with Crippen molar-refractivity contribution in [1.82, 2.24) is 10.2 Å². The third-order valence-corrected chi connectivity index (χ3v) is 5.43. The van der Waals surface area contributed by atoms with Crippen LogP contribution in [0, 0.1) is 15.9 Å². The quantitative estimate of drug-likeness (QED) is 0.446. The van der Waals surface area contributed by atoms with E-state index in [2.05, 4.69) is 10.2 Å². The van der Waals surface area contributed by atoms with E-state index >= 15 is 0 Å². The number of benzene rings is 2. The lowest BCUT2D eigenvalue weighted by Crippen LogP contribution is -2.43. The van der Waals surface area contributed by atoms with Crippen molar-refractivity contribution < 1.29 is 33.1 Å². The van der Waals surface area contributed by atoms with Crippen molar-refractivity contribution in [3.8, 4) is 17.2 Å². The van der Waals surface area contributed by atoms with Gasteiger partial charge in [0.1, 0.15) is 11.4 Å². The molecule has 1 amide bonds. The number of hydrogen-bond donors (Lipinski definition) is 1. The summed E-state index contributed by atoms with van der Waals surface area (Å²) in [7, 11) is 3.92. The fraction of sp³-hybridized carbons (Fsp3) is 0.409. The third kappa shape index (κ3) is 5.32. The Labute approximate surface area is 190 Å². The maximum atomic E-state index is 13.5. The zero-order valence-corrected chi connectivity index (χ0v) is 18.6. The molecule has 3 rings (SSSR count). The molecule has 2 aromatic carbocycles. The molecule has 0 aromatic heterocycles. The van der Waals surface area contributed by atoms with E-state index in [0.29, 0.717) is 26.3 Å². The minimum atomic E-state index is -0.699. The predicted octanol–water partition coefficient (Wildman–Crippen LogP) is 2.56. The molecule has 0 radical (unpaired) electrons. The highest BCUT2D eigenvalue weighted by Crippen LogP contribution is 2.46. The third-order valence-electron chi connectivity index (χ3n) is 5.43. The Morgan fingerprint density at radius 2 is 1.79 bits per heavy atom. The van der Waals surface area contributed by atoms with Crippen LogP contribution < -0.4 is 19.5 Å². The minimum Gasteiger partial charge on any atom is -0.493 e. The summed E-state index contributed by atoms with van der Waals surface area (Å²) in [6, 6.07) is 6.99. The molecule has 0 spiro atoms. The molecule has 10 nitrogen and oxygen atoms in total. The first kappa shape index (κ1) is 24.2. The van der Waals surface area contributed by atoms with Crippen LogP contribution in [0.1, 0.15) is 22.0 Å². The molecule has 0 saturated carbocycles. The van der Waals surface area contributed by atoms with Crippen LogP contribution in [-0.4, -0.2) is 69.9 Å². The highest BCUT2D eigenvalue weighted by molar-refractivity contribution is 6.00. The van der Waals surface area contributed by atoms with Gasteiger partial charge in [-0.3, -0.25) is 19.8 Å². The molecule has 178 valence electrons. The average Bonchev–Trinajstić information content (AvgIpc) is 2.84. The summed E-state index contributed by atoms with van der Waals surface area (Å²) in [6.07, 6.45) is 0. The Morgan fingerprint density at radius 1 is 1.15 bits per heavy atom. The zero-order chi connectivity index (χ0) is 24.0. The summed E-state index contributed by atoms with van der Waals surface area (Å²) < 4.78 is 34.5.